The largest absolute Gasteiger partial charge is 0.296 e. The first-order valence-corrected chi connectivity index (χ1v) is 4.67. The summed E-state index contributed by atoms with van der Waals surface area (Å²) in [6, 6.07) is 1.73. The zero-order valence-electron chi connectivity index (χ0n) is 6.37. The normalized spacial score (nSPS) is 10.6. The number of halogens is 2. The first kappa shape index (κ1) is 8.72. The Bertz CT molecular complexity index is 480. The van der Waals surface area contributed by atoms with Crippen LogP contribution in [0.4, 0.5) is 0 Å². The van der Waals surface area contributed by atoms with Gasteiger partial charge in [0, 0.05) is 6.20 Å². The number of fused-ring (bicyclic) bond motifs is 1. The van der Waals surface area contributed by atoms with Crippen LogP contribution in [-0.4, -0.2) is 15.7 Å². The number of pyridine rings is 1. The van der Waals surface area contributed by atoms with Crippen molar-refractivity contribution < 1.29 is 4.79 Å². The third-order valence-electron chi connectivity index (χ3n) is 1.68. The van der Waals surface area contributed by atoms with Crippen molar-refractivity contribution in [2.75, 3.05) is 0 Å². The van der Waals surface area contributed by atoms with Crippen LogP contribution in [0.3, 0.4) is 0 Å². The Morgan fingerprint density at radius 1 is 1.62 bits per heavy atom. The van der Waals surface area contributed by atoms with E-state index in [1.54, 1.807) is 16.7 Å². The Balaban J connectivity index is 2.89. The highest BCUT2D eigenvalue weighted by Gasteiger charge is 2.06. The first-order valence-electron chi connectivity index (χ1n) is 3.49. The van der Waals surface area contributed by atoms with E-state index in [1.165, 1.54) is 6.20 Å². The summed E-state index contributed by atoms with van der Waals surface area (Å²) in [5.41, 5.74) is 1.17. The van der Waals surface area contributed by atoms with E-state index in [0.29, 0.717) is 16.4 Å². The van der Waals surface area contributed by atoms with Gasteiger partial charge in [-0.05, 0) is 22.0 Å². The summed E-state index contributed by atoms with van der Waals surface area (Å²) in [7, 11) is 0. The van der Waals surface area contributed by atoms with Gasteiger partial charge in [0.15, 0.2) is 11.9 Å². The second-order valence-corrected chi connectivity index (χ2v) is 3.79. The Kier molecular flexibility index (Phi) is 2.09. The van der Waals surface area contributed by atoms with Gasteiger partial charge in [-0.3, -0.25) is 9.20 Å². The molecule has 0 aliphatic carbocycles. The molecule has 0 aliphatic rings. The second kappa shape index (κ2) is 3.12. The lowest BCUT2D eigenvalue weighted by Gasteiger charge is -1.98. The van der Waals surface area contributed by atoms with E-state index in [4.69, 9.17) is 11.6 Å². The molecule has 0 N–H and O–H groups in total. The summed E-state index contributed by atoms with van der Waals surface area (Å²) < 4.78 is 2.41. The lowest BCUT2D eigenvalue weighted by Crippen LogP contribution is -1.90. The van der Waals surface area contributed by atoms with Crippen LogP contribution in [0.2, 0.25) is 5.02 Å². The molecule has 66 valence electrons. The molecule has 2 rings (SSSR count). The molecule has 5 heteroatoms. The molecule has 2 aromatic rings. The summed E-state index contributed by atoms with van der Waals surface area (Å²) in [6.07, 6.45) is 3.89. The summed E-state index contributed by atoms with van der Waals surface area (Å²) in [5.74, 6) is 0. The predicted molar refractivity (Wildman–Crippen MR) is 53.3 cm³/mol. The minimum atomic E-state index is 0.484. The number of aldehydes is 1. The summed E-state index contributed by atoms with van der Waals surface area (Å²) in [4.78, 5) is 14.6. The molecular weight excluding hydrogens is 255 g/mol. The van der Waals surface area contributed by atoms with Crippen LogP contribution in [-0.2, 0) is 0 Å². The van der Waals surface area contributed by atoms with Crippen molar-refractivity contribution in [3.05, 3.63) is 33.6 Å². The highest BCUT2D eigenvalue weighted by Crippen LogP contribution is 2.22. The standard InChI is InChI=1S/C8H4BrClN2O/c9-7-1-5(10)3-12-6(4-13)2-11-8(7)12/h1-4H. The maximum Gasteiger partial charge on any atom is 0.168 e. The number of hydrogen-bond donors (Lipinski definition) is 0. The third-order valence-corrected chi connectivity index (χ3v) is 2.47. The highest BCUT2D eigenvalue weighted by molar-refractivity contribution is 9.10. The van der Waals surface area contributed by atoms with Crippen molar-refractivity contribution in [1.82, 2.24) is 9.38 Å². The molecule has 3 nitrogen and oxygen atoms in total. The molecule has 0 atom stereocenters. The number of imidazole rings is 1. The first-order chi connectivity index (χ1) is 6.22. The molecule has 0 saturated heterocycles. The predicted octanol–water partition coefficient (Wildman–Crippen LogP) is 2.56. The van der Waals surface area contributed by atoms with Gasteiger partial charge in [0.05, 0.1) is 15.7 Å². The summed E-state index contributed by atoms with van der Waals surface area (Å²) in [6.45, 7) is 0. The third kappa shape index (κ3) is 1.36. The highest BCUT2D eigenvalue weighted by atomic mass is 79.9. The maximum atomic E-state index is 10.6. The van der Waals surface area contributed by atoms with Gasteiger partial charge in [0.25, 0.3) is 0 Å². The van der Waals surface area contributed by atoms with E-state index >= 15 is 0 Å². The average Bonchev–Trinajstić information content (AvgIpc) is 2.47. The molecule has 0 unspecified atom stereocenters. The van der Waals surface area contributed by atoms with Gasteiger partial charge in [-0.15, -0.1) is 0 Å². The van der Waals surface area contributed by atoms with Crippen molar-refractivity contribution in [1.29, 1.82) is 0 Å². The number of carbonyl (C=O) groups excluding carboxylic acids is 1. The van der Waals surface area contributed by atoms with Crippen molar-refractivity contribution >= 4 is 39.5 Å². The van der Waals surface area contributed by atoms with Crippen LogP contribution in [0.1, 0.15) is 10.5 Å². The van der Waals surface area contributed by atoms with Gasteiger partial charge in [-0.2, -0.15) is 0 Å². The lowest BCUT2D eigenvalue weighted by molar-refractivity contribution is 0.111. The number of aromatic nitrogens is 2. The van der Waals surface area contributed by atoms with Crippen LogP contribution >= 0.6 is 27.5 Å². The van der Waals surface area contributed by atoms with E-state index in [0.717, 1.165) is 10.8 Å². The summed E-state index contributed by atoms with van der Waals surface area (Å²) in [5, 5.41) is 0.556. The summed E-state index contributed by atoms with van der Waals surface area (Å²) >= 11 is 9.12. The van der Waals surface area contributed by atoms with Crippen LogP contribution in [0.25, 0.3) is 5.65 Å². The van der Waals surface area contributed by atoms with Crippen LogP contribution in [0.15, 0.2) is 22.9 Å². The maximum absolute atomic E-state index is 10.6. The van der Waals surface area contributed by atoms with Crippen molar-refractivity contribution in [2.24, 2.45) is 0 Å². The molecular formula is C8H4BrClN2O. The Morgan fingerprint density at radius 2 is 2.38 bits per heavy atom. The molecule has 0 fully saturated rings. The topological polar surface area (TPSA) is 34.4 Å². The number of nitrogens with zero attached hydrogens (tertiary/aromatic N) is 2. The minimum absolute atomic E-state index is 0.484. The van der Waals surface area contributed by atoms with E-state index < -0.39 is 0 Å². The van der Waals surface area contributed by atoms with E-state index in [-0.39, 0.29) is 0 Å². The Hall–Kier alpha value is -0.870. The van der Waals surface area contributed by atoms with E-state index in [1.807, 2.05) is 0 Å². The molecule has 0 aliphatic heterocycles. The fraction of sp³-hybridized carbons (Fsp3) is 0. The molecule has 0 radical (unpaired) electrons. The van der Waals surface area contributed by atoms with Gasteiger partial charge in [0.2, 0.25) is 0 Å². The van der Waals surface area contributed by atoms with Crippen molar-refractivity contribution in [3.8, 4) is 0 Å². The fourth-order valence-corrected chi connectivity index (χ4v) is 2.00. The van der Waals surface area contributed by atoms with Crippen molar-refractivity contribution in [2.45, 2.75) is 0 Å². The van der Waals surface area contributed by atoms with E-state index in [9.17, 15) is 4.79 Å². The molecule has 2 heterocycles. The van der Waals surface area contributed by atoms with Crippen LogP contribution < -0.4 is 0 Å². The molecule has 0 aromatic carbocycles. The number of carbonyl (C=O) groups is 1. The lowest BCUT2D eigenvalue weighted by atomic mass is 10.4. The molecule has 0 bridgehead atoms. The van der Waals surface area contributed by atoms with Gasteiger partial charge < -0.3 is 0 Å². The Labute approximate surface area is 87.5 Å². The quantitative estimate of drug-likeness (QED) is 0.738. The zero-order chi connectivity index (χ0) is 9.42. The zero-order valence-corrected chi connectivity index (χ0v) is 8.71. The molecule has 0 saturated carbocycles. The van der Waals surface area contributed by atoms with Crippen LogP contribution in [0, 0.1) is 0 Å². The van der Waals surface area contributed by atoms with E-state index in [2.05, 4.69) is 20.9 Å². The van der Waals surface area contributed by atoms with Gasteiger partial charge in [-0.25, -0.2) is 4.98 Å². The molecule has 0 spiro atoms. The van der Waals surface area contributed by atoms with Crippen LogP contribution in [0.5, 0.6) is 0 Å². The molecule has 2 aromatic heterocycles. The SMILES string of the molecule is O=Cc1cnc2c(Br)cc(Cl)cn12. The second-order valence-electron chi connectivity index (χ2n) is 2.50. The van der Waals surface area contributed by atoms with Crippen molar-refractivity contribution in [3.63, 3.8) is 0 Å². The number of rotatable bonds is 1. The molecule has 0 amide bonds. The fourth-order valence-electron chi connectivity index (χ4n) is 1.12. The van der Waals surface area contributed by atoms with Gasteiger partial charge in [0.1, 0.15) is 5.69 Å². The molecule has 13 heavy (non-hydrogen) atoms. The van der Waals surface area contributed by atoms with Gasteiger partial charge >= 0.3 is 0 Å². The van der Waals surface area contributed by atoms with Gasteiger partial charge in [-0.1, -0.05) is 11.6 Å². The minimum Gasteiger partial charge on any atom is -0.296 e. The Morgan fingerprint density at radius 3 is 3.08 bits per heavy atom. The smallest absolute Gasteiger partial charge is 0.168 e. The number of hydrogen-bond acceptors (Lipinski definition) is 2. The average molecular weight is 259 g/mol. The monoisotopic (exact) mass is 258 g/mol.